The molecule has 1 aromatic heterocycles. The first-order chi connectivity index (χ1) is 12.3. The van der Waals surface area contributed by atoms with Crippen molar-refractivity contribution < 1.29 is 22.7 Å². The van der Waals surface area contributed by atoms with E-state index in [2.05, 4.69) is 15.0 Å². The molecule has 1 fully saturated rings. The smallest absolute Gasteiger partial charge is 0.350 e. The largest absolute Gasteiger partial charge is 0.465 e. The number of aryl methyl sites for hydroxylation is 1. The quantitative estimate of drug-likeness (QED) is 0.794. The van der Waals surface area contributed by atoms with Crippen molar-refractivity contribution in [1.82, 2.24) is 4.98 Å². The topological polar surface area (TPSA) is 106 Å². The molecule has 0 radical (unpaired) electrons. The van der Waals surface area contributed by atoms with E-state index in [0.717, 1.165) is 11.3 Å². The minimum Gasteiger partial charge on any atom is -0.465 e. The fourth-order valence-corrected chi connectivity index (χ4v) is 5.07. The number of rotatable bonds is 4. The lowest BCUT2D eigenvalue weighted by molar-refractivity contribution is 0.0605. The molecule has 0 unspecified atom stereocenters. The lowest BCUT2D eigenvalue weighted by Gasteiger charge is -2.17. The second-order valence-corrected chi connectivity index (χ2v) is 8.68. The van der Waals surface area contributed by atoms with Gasteiger partial charge in [-0.1, -0.05) is 17.4 Å². The van der Waals surface area contributed by atoms with Crippen LogP contribution in [0.15, 0.2) is 24.3 Å². The van der Waals surface area contributed by atoms with Crippen molar-refractivity contribution in [2.45, 2.75) is 13.3 Å². The van der Waals surface area contributed by atoms with Crippen LogP contribution >= 0.6 is 11.3 Å². The van der Waals surface area contributed by atoms with Gasteiger partial charge >= 0.3 is 5.97 Å². The van der Waals surface area contributed by atoms with Crippen molar-refractivity contribution in [2.75, 3.05) is 29.0 Å². The summed E-state index contributed by atoms with van der Waals surface area (Å²) in [7, 11) is -2.04. The van der Waals surface area contributed by atoms with Gasteiger partial charge in [0.2, 0.25) is 10.0 Å². The summed E-state index contributed by atoms with van der Waals surface area (Å²) in [5.74, 6) is -0.840. The van der Waals surface area contributed by atoms with Gasteiger partial charge in [0.05, 0.1) is 24.2 Å². The molecule has 10 heteroatoms. The van der Waals surface area contributed by atoms with E-state index in [4.69, 9.17) is 0 Å². The fourth-order valence-electron chi connectivity index (χ4n) is 2.63. The van der Waals surface area contributed by atoms with E-state index < -0.39 is 21.9 Å². The van der Waals surface area contributed by atoms with Gasteiger partial charge in [0.1, 0.15) is 4.88 Å². The monoisotopic (exact) mass is 395 g/mol. The van der Waals surface area contributed by atoms with Crippen molar-refractivity contribution in [1.29, 1.82) is 0 Å². The molecule has 0 spiro atoms. The van der Waals surface area contributed by atoms with Gasteiger partial charge in [0.15, 0.2) is 5.13 Å². The second-order valence-electron chi connectivity index (χ2n) is 5.67. The van der Waals surface area contributed by atoms with Crippen LogP contribution in [0.25, 0.3) is 0 Å². The zero-order valence-corrected chi connectivity index (χ0v) is 15.8. The van der Waals surface area contributed by atoms with E-state index in [0.29, 0.717) is 34.8 Å². The van der Waals surface area contributed by atoms with Gasteiger partial charge < -0.3 is 4.74 Å². The number of anilines is 2. The summed E-state index contributed by atoms with van der Waals surface area (Å²) in [6.45, 7) is 2.05. The van der Waals surface area contributed by atoms with Crippen LogP contribution in [0, 0.1) is 6.92 Å². The fraction of sp³-hybridized carbons (Fsp3) is 0.312. The molecule has 0 saturated carbocycles. The number of sulfonamides is 1. The number of esters is 1. The third-order valence-electron chi connectivity index (χ3n) is 3.88. The molecular weight excluding hydrogens is 378 g/mol. The van der Waals surface area contributed by atoms with Crippen molar-refractivity contribution in [3.05, 3.63) is 40.4 Å². The number of carbonyl (C=O) groups is 2. The Hall–Kier alpha value is -2.46. The zero-order chi connectivity index (χ0) is 18.9. The highest BCUT2D eigenvalue weighted by Gasteiger charge is 2.28. The Morgan fingerprint density at radius 2 is 2.12 bits per heavy atom. The molecular formula is C16H17N3O5S2. The van der Waals surface area contributed by atoms with Crippen molar-refractivity contribution >= 4 is 44.1 Å². The normalized spacial score (nSPS) is 15.7. The molecule has 1 aliphatic heterocycles. The summed E-state index contributed by atoms with van der Waals surface area (Å²) in [6, 6.07) is 6.40. The van der Waals surface area contributed by atoms with Crippen LogP contribution in [0.1, 0.15) is 32.1 Å². The van der Waals surface area contributed by atoms with E-state index in [-0.39, 0.29) is 10.9 Å². The van der Waals surface area contributed by atoms with E-state index >= 15 is 0 Å². The molecule has 0 aliphatic carbocycles. The Bertz CT molecular complexity index is 968. The van der Waals surface area contributed by atoms with Crippen molar-refractivity contribution in [2.24, 2.45) is 0 Å². The molecule has 3 rings (SSSR count). The first-order valence-corrected chi connectivity index (χ1v) is 10.2. The van der Waals surface area contributed by atoms with Gasteiger partial charge in [-0.05, 0) is 31.5 Å². The van der Waals surface area contributed by atoms with E-state index in [9.17, 15) is 18.0 Å². The highest BCUT2D eigenvalue weighted by Crippen LogP contribution is 2.26. The average molecular weight is 395 g/mol. The predicted molar refractivity (Wildman–Crippen MR) is 98.3 cm³/mol. The molecule has 8 nitrogen and oxygen atoms in total. The minimum atomic E-state index is -3.32. The maximum Gasteiger partial charge on any atom is 0.350 e. The summed E-state index contributed by atoms with van der Waals surface area (Å²) in [4.78, 5) is 28.6. The summed E-state index contributed by atoms with van der Waals surface area (Å²) >= 11 is 1.02. The highest BCUT2D eigenvalue weighted by atomic mass is 32.2. The number of amides is 1. The molecule has 1 N–H and O–H groups in total. The Morgan fingerprint density at radius 3 is 2.77 bits per heavy atom. The number of hydrogen-bond donors (Lipinski definition) is 1. The maximum absolute atomic E-state index is 12.5. The Kier molecular flexibility index (Phi) is 4.97. The molecule has 2 heterocycles. The average Bonchev–Trinajstić information content (AvgIpc) is 3.15. The second kappa shape index (κ2) is 7.04. The third-order valence-corrected chi connectivity index (χ3v) is 6.81. The maximum atomic E-state index is 12.5. The van der Waals surface area contributed by atoms with Crippen LogP contribution in [-0.4, -0.2) is 44.7 Å². The zero-order valence-electron chi connectivity index (χ0n) is 14.2. The number of nitrogens with one attached hydrogen (secondary N) is 1. The van der Waals surface area contributed by atoms with Crippen LogP contribution in [0.2, 0.25) is 0 Å². The molecule has 1 aliphatic rings. The van der Waals surface area contributed by atoms with Gasteiger partial charge in [-0.3, -0.25) is 14.4 Å². The predicted octanol–water partition coefficient (Wildman–Crippen LogP) is 2.03. The van der Waals surface area contributed by atoms with Crippen molar-refractivity contribution in [3.63, 3.8) is 0 Å². The standard InChI is InChI=1S/C16H17N3O5S2/c1-10-13(15(21)24-2)25-16(17-10)18-14(20)11-5-3-6-12(9-11)19-7-4-8-26(19,22)23/h3,5-6,9H,4,7-8H2,1-2H3,(H,17,18,20). The Labute approximate surface area is 154 Å². The molecule has 0 atom stereocenters. The van der Waals surface area contributed by atoms with Crippen LogP contribution in [0.4, 0.5) is 10.8 Å². The van der Waals surface area contributed by atoms with Crippen LogP contribution < -0.4 is 9.62 Å². The number of benzene rings is 1. The first kappa shape index (κ1) is 18.3. The van der Waals surface area contributed by atoms with Gasteiger partial charge in [-0.25, -0.2) is 18.2 Å². The summed E-state index contributed by atoms with van der Waals surface area (Å²) in [6.07, 6.45) is 0.563. The molecule has 1 saturated heterocycles. The number of nitrogens with zero attached hydrogens (tertiary/aromatic N) is 2. The van der Waals surface area contributed by atoms with E-state index in [1.165, 1.54) is 17.5 Å². The molecule has 0 bridgehead atoms. The summed E-state index contributed by atoms with van der Waals surface area (Å²) < 4.78 is 30.1. The number of aromatic nitrogens is 1. The van der Waals surface area contributed by atoms with Gasteiger partial charge in [0, 0.05) is 12.1 Å². The highest BCUT2D eigenvalue weighted by molar-refractivity contribution is 7.93. The number of ether oxygens (including phenoxy) is 1. The Balaban J connectivity index is 1.81. The molecule has 1 amide bonds. The summed E-state index contributed by atoms with van der Waals surface area (Å²) in [5, 5.41) is 2.90. The molecule has 1 aromatic carbocycles. The number of thiazole rings is 1. The number of hydrogen-bond acceptors (Lipinski definition) is 7. The van der Waals surface area contributed by atoms with E-state index in [1.807, 2.05) is 0 Å². The van der Waals surface area contributed by atoms with Crippen LogP contribution in [0.3, 0.4) is 0 Å². The lowest BCUT2D eigenvalue weighted by Crippen LogP contribution is -2.25. The number of methoxy groups -OCH3 is 1. The van der Waals surface area contributed by atoms with Gasteiger partial charge in [-0.2, -0.15) is 0 Å². The molecule has 138 valence electrons. The van der Waals surface area contributed by atoms with E-state index in [1.54, 1.807) is 25.1 Å². The molecule has 2 aromatic rings. The van der Waals surface area contributed by atoms with Gasteiger partial charge in [0.25, 0.3) is 5.91 Å². The SMILES string of the molecule is COC(=O)c1sc(NC(=O)c2cccc(N3CCCS3(=O)=O)c2)nc1C. The first-order valence-electron chi connectivity index (χ1n) is 7.79. The van der Waals surface area contributed by atoms with Crippen LogP contribution in [0.5, 0.6) is 0 Å². The van der Waals surface area contributed by atoms with Crippen LogP contribution in [-0.2, 0) is 14.8 Å². The van der Waals surface area contributed by atoms with Gasteiger partial charge in [-0.15, -0.1) is 0 Å². The minimum absolute atomic E-state index is 0.109. The number of carbonyl (C=O) groups excluding carboxylic acids is 2. The molecule has 26 heavy (non-hydrogen) atoms. The summed E-state index contributed by atoms with van der Waals surface area (Å²) in [5.41, 5.74) is 1.23. The Morgan fingerprint density at radius 1 is 1.35 bits per heavy atom. The van der Waals surface area contributed by atoms with Crippen molar-refractivity contribution in [3.8, 4) is 0 Å². The third kappa shape index (κ3) is 3.56. The lowest BCUT2D eigenvalue weighted by atomic mass is 10.2.